The van der Waals surface area contributed by atoms with Gasteiger partial charge in [-0.3, -0.25) is 9.79 Å². The molecule has 23 heavy (non-hydrogen) atoms. The summed E-state index contributed by atoms with van der Waals surface area (Å²) in [5, 5.41) is 2.80. The van der Waals surface area contributed by atoms with Gasteiger partial charge in [0.1, 0.15) is 17.9 Å². The van der Waals surface area contributed by atoms with Crippen LogP contribution < -0.4 is 5.32 Å². The zero-order valence-electron chi connectivity index (χ0n) is 12.6. The highest BCUT2D eigenvalue weighted by molar-refractivity contribution is 7.91. The predicted octanol–water partition coefficient (Wildman–Crippen LogP) is 0.241. The zero-order valence-corrected chi connectivity index (χ0v) is 13.4. The molecule has 8 nitrogen and oxygen atoms in total. The Morgan fingerprint density at radius 1 is 1.48 bits per heavy atom. The number of nitrogens with zero attached hydrogens (tertiary/aromatic N) is 3. The van der Waals surface area contributed by atoms with Crippen LogP contribution in [0.2, 0.25) is 0 Å². The van der Waals surface area contributed by atoms with Crippen LogP contribution in [-0.2, 0) is 9.84 Å². The Morgan fingerprint density at radius 3 is 3.04 bits per heavy atom. The number of aliphatic imine (C=N–C) groups is 2. The number of carbonyl (C=O) groups excluding carboxylic acids is 1. The Hall–Kier alpha value is -2.16. The van der Waals surface area contributed by atoms with Crippen LogP contribution in [0.25, 0.3) is 0 Å². The molecule has 0 radical (unpaired) electrons. The number of hydrogen-bond acceptors (Lipinski definition) is 7. The van der Waals surface area contributed by atoms with E-state index in [4.69, 9.17) is 4.42 Å². The highest BCUT2D eigenvalue weighted by atomic mass is 32.2. The van der Waals surface area contributed by atoms with Gasteiger partial charge in [0.05, 0.1) is 29.2 Å². The van der Waals surface area contributed by atoms with E-state index in [1.165, 1.54) is 0 Å². The van der Waals surface area contributed by atoms with E-state index >= 15 is 0 Å². The number of sulfone groups is 1. The number of carbonyl (C=O) groups is 1. The molecule has 1 fully saturated rings. The summed E-state index contributed by atoms with van der Waals surface area (Å²) in [6.45, 7) is 3.07. The van der Waals surface area contributed by atoms with Crippen molar-refractivity contribution in [3.05, 3.63) is 16.9 Å². The zero-order chi connectivity index (χ0) is 16.2. The number of hydrogen-bond donors (Lipinski definition) is 1. The van der Waals surface area contributed by atoms with E-state index in [1.807, 2.05) is 4.90 Å². The number of rotatable bonds is 2. The van der Waals surface area contributed by atoms with E-state index in [2.05, 4.69) is 15.3 Å². The average molecular weight is 336 g/mol. The molecule has 0 aliphatic carbocycles. The van der Waals surface area contributed by atoms with Gasteiger partial charge in [-0.05, 0) is 13.3 Å². The van der Waals surface area contributed by atoms with Crippen LogP contribution in [0.3, 0.4) is 0 Å². The molecule has 9 heteroatoms. The summed E-state index contributed by atoms with van der Waals surface area (Å²) in [5.41, 5.74) is 0.993. The van der Waals surface area contributed by atoms with Crippen LogP contribution in [0.1, 0.15) is 28.1 Å². The maximum absolute atomic E-state index is 12.7. The van der Waals surface area contributed by atoms with E-state index < -0.39 is 9.84 Å². The minimum atomic E-state index is -3.05. The lowest BCUT2D eigenvalue weighted by Gasteiger charge is -2.18. The van der Waals surface area contributed by atoms with E-state index in [0.717, 1.165) is 6.54 Å². The van der Waals surface area contributed by atoms with Crippen molar-refractivity contribution in [3.8, 4) is 0 Å². The lowest BCUT2D eigenvalue weighted by atomic mass is 10.1. The Balaban J connectivity index is 1.66. The first-order chi connectivity index (χ1) is 10.9. The Kier molecular flexibility index (Phi) is 3.09. The summed E-state index contributed by atoms with van der Waals surface area (Å²) in [5.74, 6) is 1.30. The molecular formula is C14H16N4O4S. The molecule has 4 rings (SSSR count). The van der Waals surface area contributed by atoms with Gasteiger partial charge in [-0.2, -0.15) is 0 Å². The summed E-state index contributed by atoms with van der Waals surface area (Å²) in [4.78, 5) is 23.2. The summed E-state index contributed by atoms with van der Waals surface area (Å²) in [7, 11) is -3.05. The fourth-order valence-electron chi connectivity index (χ4n) is 3.19. The molecule has 3 aliphatic rings. The van der Waals surface area contributed by atoms with E-state index in [0.29, 0.717) is 41.6 Å². The smallest absolute Gasteiger partial charge is 0.255 e. The molecule has 1 aromatic heterocycles. The van der Waals surface area contributed by atoms with Gasteiger partial charge in [0, 0.05) is 12.6 Å². The van der Waals surface area contributed by atoms with Crippen molar-refractivity contribution in [2.45, 2.75) is 19.4 Å². The number of amides is 1. The molecule has 1 unspecified atom stereocenters. The quantitative estimate of drug-likeness (QED) is 0.833. The summed E-state index contributed by atoms with van der Waals surface area (Å²) in [6.07, 6.45) is 2.10. The first kappa shape index (κ1) is 14.4. The van der Waals surface area contributed by atoms with Gasteiger partial charge < -0.3 is 14.6 Å². The van der Waals surface area contributed by atoms with Gasteiger partial charge in [-0.1, -0.05) is 0 Å². The Labute approximate surface area is 133 Å². The Morgan fingerprint density at radius 2 is 2.30 bits per heavy atom. The molecular weight excluding hydrogens is 320 g/mol. The topological polar surface area (TPSA) is 104 Å². The van der Waals surface area contributed by atoms with E-state index in [9.17, 15) is 13.2 Å². The number of nitrogens with one attached hydrogen (secondary N) is 1. The summed E-state index contributed by atoms with van der Waals surface area (Å²) in [6, 6.07) is -0.355. The van der Waals surface area contributed by atoms with Gasteiger partial charge >= 0.3 is 0 Å². The number of aryl methyl sites for hydroxylation is 1. The average Bonchev–Trinajstić information content (AvgIpc) is 3.14. The maximum Gasteiger partial charge on any atom is 0.255 e. The third-order valence-corrected chi connectivity index (χ3v) is 6.04. The molecule has 122 valence electrons. The van der Waals surface area contributed by atoms with Crippen molar-refractivity contribution in [1.82, 2.24) is 10.2 Å². The predicted molar refractivity (Wildman–Crippen MR) is 84.2 cm³/mol. The minimum Gasteiger partial charge on any atom is -0.442 e. The highest BCUT2D eigenvalue weighted by Gasteiger charge is 2.35. The molecule has 0 saturated carbocycles. The second kappa shape index (κ2) is 4.92. The Bertz CT molecular complexity index is 852. The first-order valence-electron chi connectivity index (χ1n) is 7.45. The number of amidine groups is 1. The highest BCUT2D eigenvalue weighted by Crippen LogP contribution is 2.34. The van der Waals surface area contributed by atoms with Crippen LogP contribution in [0, 0.1) is 6.92 Å². The van der Waals surface area contributed by atoms with Gasteiger partial charge in [-0.15, -0.1) is 0 Å². The van der Waals surface area contributed by atoms with Crippen LogP contribution in [0.15, 0.2) is 14.4 Å². The summed E-state index contributed by atoms with van der Waals surface area (Å²) < 4.78 is 28.7. The lowest BCUT2D eigenvalue weighted by molar-refractivity contribution is 0.0939. The second-order valence-electron chi connectivity index (χ2n) is 5.93. The third-order valence-electron chi connectivity index (χ3n) is 4.27. The fraction of sp³-hybridized carbons (Fsp3) is 0.500. The van der Waals surface area contributed by atoms with Crippen LogP contribution in [-0.4, -0.2) is 62.0 Å². The van der Waals surface area contributed by atoms with Gasteiger partial charge in [0.15, 0.2) is 9.84 Å². The molecule has 1 amide bonds. The lowest BCUT2D eigenvalue weighted by Crippen LogP contribution is -2.37. The van der Waals surface area contributed by atoms with Gasteiger partial charge in [-0.25, -0.2) is 13.4 Å². The fourth-order valence-corrected chi connectivity index (χ4v) is 4.86. The molecule has 4 heterocycles. The normalized spacial score (nSPS) is 24.3. The van der Waals surface area contributed by atoms with Crippen LogP contribution in [0.4, 0.5) is 5.88 Å². The number of furan rings is 1. The van der Waals surface area contributed by atoms with Crippen molar-refractivity contribution in [2.24, 2.45) is 9.98 Å². The van der Waals surface area contributed by atoms with E-state index in [1.54, 1.807) is 13.3 Å². The SMILES string of the molecule is Cc1oc2c(c1C(=O)NC1CCS(=O)(=O)C1)C1=NCCN1C=N2. The molecule has 1 saturated heterocycles. The second-order valence-corrected chi connectivity index (χ2v) is 8.16. The standard InChI is InChI=1S/C14H16N4O4S/c1-8-10(13(19)17-9-2-5-23(20,21)6-9)11-12-15-3-4-18(12)7-16-14(11)22-8/h7,9H,2-6H2,1H3,(H,17,19). The van der Waals surface area contributed by atoms with Gasteiger partial charge in [0.25, 0.3) is 5.91 Å². The molecule has 0 spiro atoms. The van der Waals surface area contributed by atoms with Gasteiger partial charge in [0.2, 0.25) is 5.88 Å². The summed E-state index contributed by atoms with van der Waals surface area (Å²) >= 11 is 0. The van der Waals surface area contributed by atoms with Crippen molar-refractivity contribution in [2.75, 3.05) is 24.6 Å². The molecule has 3 aliphatic heterocycles. The molecule has 1 N–H and O–H groups in total. The minimum absolute atomic E-state index is 0.0109. The monoisotopic (exact) mass is 336 g/mol. The maximum atomic E-state index is 12.7. The third kappa shape index (κ3) is 2.35. The first-order valence-corrected chi connectivity index (χ1v) is 9.27. The number of fused-ring (bicyclic) bond motifs is 3. The van der Waals surface area contributed by atoms with Crippen molar-refractivity contribution < 1.29 is 17.6 Å². The molecule has 1 aromatic rings. The van der Waals surface area contributed by atoms with Crippen molar-refractivity contribution in [1.29, 1.82) is 0 Å². The van der Waals surface area contributed by atoms with Crippen LogP contribution >= 0.6 is 0 Å². The van der Waals surface area contributed by atoms with Crippen molar-refractivity contribution >= 4 is 33.8 Å². The van der Waals surface area contributed by atoms with E-state index in [-0.39, 0.29) is 23.5 Å². The van der Waals surface area contributed by atoms with Crippen LogP contribution in [0.5, 0.6) is 0 Å². The largest absolute Gasteiger partial charge is 0.442 e. The van der Waals surface area contributed by atoms with Crippen molar-refractivity contribution in [3.63, 3.8) is 0 Å². The molecule has 0 aromatic carbocycles. The molecule has 1 atom stereocenters. The molecule has 0 bridgehead atoms.